The molecular formula is C15H21N5. The first-order chi connectivity index (χ1) is 9.63. The van der Waals surface area contributed by atoms with E-state index in [9.17, 15) is 0 Å². The van der Waals surface area contributed by atoms with Gasteiger partial charge in [-0.1, -0.05) is 6.92 Å². The van der Waals surface area contributed by atoms with Crippen LogP contribution in [0.15, 0.2) is 30.7 Å². The Hall–Kier alpha value is -1.72. The fraction of sp³-hybridized carbons (Fsp3) is 0.467. The maximum Gasteiger partial charge on any atom is 0.0676 e. The standard InChI is InChI=1S/C15H21N5/c1-11-7-19(10-15(11)16)8-13-9-20(18-12(13)2)14-3-5-17-6-4-14/h3-6,9,11,15H,7-8,10,16H2,1-2H3. The molecule has 5 nitrogen and oxygen atoms in total. The second-order valence-corrected chi connectivity index (χ2v) is 5.72. The molecule has 2 aromatic heterocycles. The molecule has 106 valence electrons. The molecular weight excluding hydrogens is 250 g/mol. The maximum absolute atomic E-state index is 6.09. The van der Waals surface area contributed by atoms with E-state index in [0.29, 0.717) is 12.0 Å². The molecule has 0 aromatic carbocycles. The highest BCUT2D eigenvalue weighted by atomic mass is 15.3. The maximum atomic E-state index is 6.09. The summed E-state index contributed by atoms with van der Waals surface area (Å²) in [7, 11) is 0. The Morgan fingerprint density at radius 3 is 2.70 bits per heavy atom. The van der Waals surface area contributed by atoms with Crippen LogP contribution in [0.2, 0.25) is 0 Å². The average Bonchev–Trinajstić information content (AvgIpc) is 2.95. The van der Waals surface area contributed by atoms with E-state index in [4.69, 9.17) is 5.73 Å². The molecule has 2 aromatic rings. The third-order valence-electron chi connectivity index (χ3n) is 4.07. The summed E-state index contributed by atoms with van der Waals surface area (Å²) in [4.78, 5) is 6.45. The number of hydrogen-bond donors (Lipinski definition) is 1. The van der Waals surface area contributed by atoms with Gasteiger partial charge in [-0.2, -0.15) is 5.10 Å². The van der Waals surface area contributed by atoms with Gasteiger partial charge >= 0.3 is 0 Å². The van der Waals surface area contributed by atoms with Gasteiger partial charge in [-0.3, -0.25) is 9.88 Å². The minimum absolute atomic E-state index is 0.297. The van der Waals surface area contributed by atoms with Crippen molar-refractivity contribution in [2.75, 3.05) is 13.1 Å². The smallest absolute Gasteiger partial charge is 0.0676 e. The average molecular weight is 271 g/mol. The van der Waals surface area contributed by atoms with E-state index >= 15 is 0 Å². The van der Waals surface area contributed by atoms with E-state index < -0.39 is 0 Å². The highest BCUT2D eigenvalue weighted by Gasteiger charge is 2.27. The van der Waals surface area contributed by atoms with Crippen LogP contribution >= 0.6 is 0 Å². The molecule has 20 heavy (non-hydrogen) atoms. The lowest BCUT2D eigenvalue weighted by atomic mass is 10.1. The molecule has 2 N–H and O–H groups in total. The summed E-state index contributed by atoms with van der Waals surface area (Å²) >= 11 is 0. The van der Waals surface area contributed by atoms with Crippen LogP contribution in [0.3, 0.4) is 0 Å². The number of aromatic nitrogens is 3. The van der Waals surface area contributed by atoms with Gasteiger partial charge in [0.2, 0.25) is 0 Å². The lowest BCUT2D eigenvalue weighted by Gasteiger charge is -2.14. The van der Waals surface area contributed by atoms with Crippen molar-refractivity contribution in [3.8, 4) is 5.69 Å². The fourth-order valence-electron chi connectivity index (χ4n) is 2.75. The van der Waals surface area contributed by atoms with Crippen molar-refractivity contribution in [1.29, 1.82) is 0 Å². The quantitative estimate of drug-likeness (QED) is 0.915. The number of nitrogens with two attached hydrogens (primary N) is 1. The van der Waals surface area contributed by atoms with Crippen molar-refractivity contribution in [3.05, 3.63) is 42.0 Å². The highest BCUT2D eigenvalue weighted by Crippen LogP contribution is 2.19. The summed E-state index contributed by atoms with van der Waals surface area (Å²) in [6.07, 6.45) is 5.68. The molecule has 1 aliphatic rings. The largest absolute Gasteiger partial charge is 0.326 e. The summed E-state index contributed by atoms with van der Waals surface area (Å²) < 4.78 is 1.92. The minimum atomic E-state index is 0.297. The zero-order chi connectivity index (χ0) is 14.1. The monoisotopic (exact) mass is 271 g/mol. The van der Waals surface area contributed by atoms with Crippen molar-refractivity contribution >= 4 is 0 Å². The van der Waals surface area contributed by atoms with E-state index in [1.807, 2.05) is 16.8 Å². The molecule has 3 rings (SSSR count). The van der Waals surface area contributed by atoms with Crippen molar-refractivity contribution in [1.82, 2.24) is 19.7 Å². The lowest BCUT2D eigenvalue weighted by Crippen LogP contribution is -2.28. The number of aryl methyl sites for hydroxylation is 1. The molecule has 0 radical (unpaired) electrons. The van der Waals surface area contributed by atoms with Gasteiger partial charge in [0.05, 0.1) is 11.4 Å². The van der Waals surface area contributed by atoms with Crippen molar-refractivity contribution in [2.45, 2.75) is 26.4 Å². The van der Waals surface area contributed by atoms with Gasteiger partial charge in [-0.15, -0.1) is 0 Å². The van der Waals surface area contributed by atoms with Crippen molar-refractivity contribution in [2.24, 2.45) is 11.7 Å². The first-order valence-corrected chi connectivity index (χ1v) is 7.07. The Morgan fingerprint density at radius 2 is 2.05 bits per heavy atom. The minimum Gasteiger partial charge on any atom is -0.326 e. The molecule has 1 fully saturated rings. The molecule has 2 unspecified atom stereocenters. The summed E-state index contributed by atoms with van der Waals surface area (Å²) in [5.74, 6) is 0.575. The molecule has 1 saturated heterocycles. The van der Waals surface area contributed by atoms with Gasteiger partial charge in [0, 0.05) is 49.8 Å². The molecule has 0 spiro atoms. The van der Waals surface area contributed by atoms with E-state index in [-0.39, 0.29) is 0 Å². The molecule has 0 aliphatic carbocycles. The van der Waals surface area contributed by atoms with E-state index in [2.05, 4.69) is 35.0 Å². The SMILES string of the molecule is Cc1nn(-c2ccncc2)cc1CN1CC(C)C(N)C1. The topological polar surface area (TPSA) is 60.0 Å². The van der Waals surface area contributed by atoms with Crippen molar-refractivity contribution in [3.63, 3.8) is 0 Å². The van der Waals surface area contributed by atoms with Gasteiger partial charge < -0.3 is 5.73 Å². The fourth-order valence-corrected chi connectivity index (χ4v) is 2.75. The molecule has 3 heterocycles. The third kappa shape index (κ3) is 2.59. The van der Waals surface area contributed by atoms with Crippen LogP contribution in [0, 0.1) is 12.8 Å². The molecule has 5 heteroatoms. The Balaban J connectivity index is 1.77. The van der Waals surface area contributed by atoms with Crippen LogP contribution in [0.1, 0.15) is 18.2 Å². The van der Waals surface area contributed by atoms with E-state index in [0.717, 1.165) is 31.0 Å². The second kappa shape index (κ2) is 5.34. The predicted octanol–water partition coefficient (Wildman–Crippen LogP) is 1.35. The zero-order valence-corrected chi connectivity index (χ0v) is 12.0. The van der Waals surface area contributed by atoms with Crippen LogP contribution in [0.4, 0.5) is 0 Å². The number of rotatable bonds is 3. The van der Waals surface area contributed by atoms with Gasteiger partial charge in [0.15, 0.2) is 0 Å². The number of nitrogens with zero attached hydrogens (tertiary/aromatic N) is 4. The third-order valence-corrected chi connectivity index (χ3v) is 4.07. The highest BCUT2D eigenvalue weighted by molar-refractivity contribution is 5.30. The van der Waals surface area contributed by atoms with Gasteiger partial charge in [-0.05, 0) is 25.0 Å². The molecule has 0 saturated carbocycles. The Bertz CT molecular complexity index is 567. The normalized spacial score (nSPS) is 23.4. The van der Waals surface area contributed by atoms with Gasteiger partial charge in [0.25, 0.3) is 0 Å². The first kappa shape index (κ1) is 13.3. The summed E-state index contributed by atoms with van der Waals surface area (Å²) in [6, 6.07) is 4.22. The van der Waals surface area contributed by atoms with Gasteiger partial charge in [0.1, 0.15) is 0 Å². The molecule has 2 atom stereocenters. The molecule has 0 amide bonds. The number of hydrogen-bond acceptors (Lipinski definition) is 4. The summed E-state index contributed by atoms with van der Waals surface area (Å²) in [5, 5.41) is 4.59. The lowest BCUT2D eigenvalue weighted by molar-refractivity contribution is 0.318. The van der Waals surface area contributed by atoms with E-state index in [1.54, 1.807) is 12.4 Å². The van der Waals surface area contributed by atoms with Crippen LogP contribution in [-0.4, -0.2) is 38.8 Å². The van der Waals surface area contributed by atoms with E-state index in [1.165, 1.54) is 5.56 Å². The summed E-state index contributed by atoms with van der Waals surface area (Å²) in [5.41, 5.74) is 9.48. The van der Waals surface area contributed by atoms with Crippen LogP contribution < -0.4 is 5.73 Å². The van der Waals surface area contributed by atoms with Gasteiger partial charge in [-0.25, -0.2) is 4.68 Å². The van der Waals surface area contributed by atoms with Crippen molar-refractivity contribution < 1.29 is 0 Å². The van der Waals surface area contributed by atoms with Crippen LogP contribution in [-0.2, 0) is 6.54 Å². The molecule has 1 aliphatic heterocycles. The molecule has 0 bridgehead atoms. The Kier molecular flexibility index (Phi) is 3.54. The Labute approximate surface area is 119 Å². The first-order valence-electron chi connectivity index (χ1n) is 7.07. The number of pyridine rings is 1. The second-order valence-electron chi connectivity index (χ2n) is 5.72. The zero-order valence-electron chi connectivity index (χ0n) is 12.0. The summed E-state index contributed by atoms with van der Waals surface area (Å²) in [6.45, 7) is 7.25. The van der Waals surface area contributed by atoms with Crippen LogP contribution in [0.5, 0.6) is 0 Å². The van der Waals surface area contributed by atoms with Crippen LogP contribution in [0.25, 0.3) is 5.69 Å². The predicted molar refractivity (Wildman–Crippen MR) is 78.5 cm³/mol. The number of likely N-dealkylation sites (tertiary alicyclic amines) is 1. The Morgan fingerprint density at radius 1 is 1.30 bits per heavy atom.